The zero-order valence-electron chi connectivity index (χ0n) is 26.2. The van der Waals surface area contributed by atoms with Gasteiger partial charge in [-0.15, -0.1) is 0 Å². The Labute approximate surface area is 270 Å². The van der Waals surface area contributed by atoms with Gasteiger partial charge in [0.05, 0.1) is 30.0 Å². The fourth-order valence-electron chi connectivity index (χ4n) is 7.60. The van der Waals surface area contributed by atoms with Crippen LogP contribution in [0.3, 0.4) is 0 Å². The Hall–Kier alpha value is -3.53. The second-order valence-corrected chi connectivity index (χ2v) is 13.9. The van der Waals surface area contributed by atoms with Crippen LogP contribution in [-0.2, 0) is 13.1 Å². The van der Waals surface area contributed by atoms with Gasteiger partial charge in [0, 0.05) is 41.2 Å². The molecule has 2 atom stereocenters. The molecule has 1 aliphatic carbocycles. The zero-order valence-corrected chi connectivity index (χ0v) is 27.1. The first-order chi connectivity index (χ1) is 21.7. The molecule has 7 nitrogen and oxygen atoms in total. The molecular weight excluding hydrogens is 585 g/mol. The largest absolute Gasteiger partial charge is 0.492 e. The summed E-state index contributed by atoms with van der Waals surface area (Å²) in [4.78, 5) is 15.9. The summed E-state index contributed by atoms with van der Waals surface area (Å²) in [5, 5.41) is 4.89. The Morgan fingerprint density at radius 1 is 1.02 bits per heavy atom. The van der Waals surface area contributed by atoms with Crippen molar-refractivity contribution in [1.29, 1.82) is 0 Å². The molecule has 0 spiro atoms. The lowest BCUT2D eigenvalue weighted by Crippen LogP contribution is -2.62. The molecule has 9 heteroatoms. The SMILES string of the molecule is CC1NC(C)(C)NN(S)C(=O)N(Cc2ccccc2)c2ccc3c(C4CCCCC4)c4n(c3c2)C[C@H]1COc1cc(F)ccc1-4. The van der Waals surface area contributed by atoms with Crippen LogP contribution in [0.1, 0.15) is 69.9 Å². The number of urea groups is 1. The number of aromatic nitrogens is 1. The number of amides is 2. The van der Waals surface area contributed by atoms with E-state index in [9.17, 15) is 9.18 Å². The van der Waals surface area contributed by atoms with Crippen LogP contribution in [0.5, 0.6) is 5.75 Å². The number of carbonyl (C=O) groups excluding carboxylic acids is 1. The van der Waals surface area contributed by atoms with E-state index in [1.807, 2.05) is 50.2 Å². The molecule has 4 bridgehead atoms. The quantitative estimate of drug-likeness (QED) is 0.202. The highest BCUT2D eigenvalue weighted by molar-refractivity contribution is 7.78. The van der Waals surface area contributed by atoms with E-state index in [0.717, 1.165) is 40.9 Å². The standard InChI is InChI=1S/C36H42FN5O2S/c1-23-26-21-41-31-19-28(40(20-24-10-6-4-7-11-24)35(43)42(45)39-36(2,3)38-23)15-17-29(31)33(25-12-8-5-9-13-25)34(41)30-16-14-27(37)18-32(30)44-22-26/h4,6-7,10-11,14-19,23,25-26,38-39,45H,5,8-9,12-13,20-22H2,1-3H3/t23?,26-/m0/s1. The van der Waals surface area contributed by atoms with Gasteiger partial charge in [-0.1, -0.05) is 55.7 Å². The number of hydrogen-bond acceptors (Lipinski definition) is 5. The Balaban J connectivity index is 1.50. The van der Waals surface area contributed by atoms with Crippen molar-refractivity contribution >= 4 is 35.4 Å². The van der Waals surface area contributed by atoms with Crippen LogP contribution in [0.25, 0.3) is 22.2 Å². The van der Waals surface area contributed by atoms with Crippen LogP contribution in [0.2, 0.25) is 0 Å². The van der Waals surface area contributed by atoms with Crippen molar-refractivity contribution in [2.24, 2.45) is 5.92 Å². The number of nitrogens with one attached hydrogen (secondary N) is 2. The van der Waals surface area contributed by atoms with Gasteiger partial charge in [0.15, 0.2) is 0 Å². The molecule has 1 aromatic heterocycles. The molecule has 0 saturated heterocycles. The molecule has 3 heterocycles. The molecule has 1 unspecified atom stereocenters. The van der Waals surface area contributed by atoms with Crippen molar-refractivity contribution in [2.45, 2.75) is 83.6 Å². The van der Waals surface area contributed by atoms with E-state index in [4.69, 9.17) is 4.74 Å². The predicted octanol–water partition coefficient (Wildman–Crippen LogP) is 8.01. The third kappa shape index (κ3) is 5.82. The molecule has 1 saturated carbocycles. The molecule has 2 aliphatic heterocycles. The highest BCUT2D eigenvalue weighted by Gasteiger charge is 2.35. The number of hydrogen-bond donors (Lipinski definition) is 3. The first-order valence-corrected chi connectivity index (χ1v) is 16.6. The average Bonchev–Trinajstić information content (AvgIpc) is 3.32. The van der Waals surface area contributed by atoms with Gasteiger partial charge in [0.25, 0.3) is 0 Å². The summed E-state index contributed by atoms with van der Waals surface area (Å²) >= 11 is 4.65. The van der Waals surface area contributed by atoms with Gasteiger partial charge in [0.2, 0.25) is 0 Å². The number of rotatable bonds is 3. The van der Waals surface area contributed by atoms with Gasteiger partial charge in [-0.2, -0.15) is 0 Å². The second-order valence-electron chi connectivity index (χ2n) is 13.5. The molecule has 0 radical (unpaired) electrons. The summed E-state index contributed by atoms with van der Waals surface area (Å²) in [6.07, 6.45) is 5.90. The molecular formula is C36H42FN5O2S. The van der Waals surface area contributed by atoms with Gasteiger partial charge >= 0.3 is 6.03 Å². The molecule has 236 valence electrons. The van der Waals surface area contributed by atoms with Crippen LogP contribution in [0.4, 0.5) is 14.9 Å². The minimum atomic E-state index is -0.684. The van der Waals surface area contributed by atoms with Crippen LogP contribution in [0, 0.1) is 11.7 Å². The maximum atomic E-state index is 14.7. The molecule has 7 rings (SSSR count). The number of carbonyl (C=O) groups is 1. The maximum Gasteiger partial charge on any atom is 0.349 e. The lowest BCUT2D eigenvalue weighted by molar-refractivity contribution is 0.137. The van der Waals surface area contributed by atoms with E-state index in [0.29, 0.717) is 31.4 Å². The van der Waals surface area contributed by atoms with Crippen molar-refractivity contribution in [3.8, 4) is 17.0 Å². The van der Waals surface area contributed by atoms with E-state index in [1.54, 1.807) is 11.0 Å². The van der Waals surface area contributed by atoms with Crippen molar-refractivity contribution < 1.29 is 13.9 Å². The third-order valence-corrected chi connectivity index (χ3v) is 10.0. The lowest BCUT2D eigenvalue weighted by Gasteiger charge is -2.38. The average molecular weight is 628 g/mol. The summed E-state index contributed by atoms with van der Waals surface area (Å²) in [5.74, 6) is 0.718. The monoisotopic (exact) mass is 627 g/mol. The van der Waals surface area contributed by atoms with Gasteiger partial charge < -0.3 is 9.30 Å². The minimum absolute atomic E-state index is 0.0211. The molecule has 2 N–H and O–H groups in total. The molecule has 2 amide bonds. The van der Waals surface area contributed by atoms with Crippen LogP contribution in [-0.4, -0.2) is 33.3 Å². The Kier molecular flexibility index (Phi) is 8.04. The predicted molar refractivity (Wildman–Crippen MR) is 181 cm³/mol. The van der Waals surface area contributed by atoms with E-state index in [1.165, 1.54) is 40.7 Å². The first-order valence-electron chi connectivity index (χ1n) is 16.2. The van der Waals surface area contributed by atoms with E-state index < -0.39 is 5.66 Å². The lowest BCUT2D eigenvalue weighted by atomic mass is 9.81. The number of benzene rings is 3. The van der Waals surface area contributed by atoms with Gasteiger partial charge in [0.1, 0.15) is 11.6 Å². The summed E-state index contributed by atoms with van der Waals surface area (Å²) in [6, 6.07) is 21.1. The van der Waals surface area contributed by atoms with Gasteiger partial charge in [-0.3, -0.25) is 10.2 Å². The molecule has 3 aromatic carbocycles. The van der Waals surface area contributed by atoms with Crippen LogP contribution in [0.15, 0.2) is 66.7 Å². The number of fused-ring (bicyclic) bond motifs is 4. The summed E-state index contributed by atoms with van der Waals surface area (Å²) in [7, 11) is 0. The molecule has 45 heavy (non-hydrogen) atoms. The Morgan fingerprint density at radius 2 is 1.80 bits per heavy atom. The van der Waals surface area contributed by atoms with Gasteiger partial charge in [-0.25, -0.2) is 19.0 Å². The number of nitrogens with zero attached hydrogens (tertiary/aromatic N) is 3. The number of thiol groups is 1. The Bertz CT molecular complexity index is 1720. The molecule has 1 fully saturated rings. The maximum absolute atomic E-state index is 14.7. The number of ether oxygens (including phenoxy) is 1. The van der Waals surface area contributed by atoms with E-state index in [-0.39, 0.29) is 23.8 Å². The van der Waals surface area contributed by atoms with E-state index in [2.05, 4.69) is 53.2 Å². The second kappa shape index (κ2) is 12.0. The van der Waals surface area contributed by atoms with Crippen molar-refractivity contribution in [3.63, 3.8) is 0 Å². The zero-order chi connectivity index (χ0) is 31.3. The number of hydrazine groups is 1. The highest BCUT2D eigenvalue weighted by Crippen LogP contribution is 2.48. The first kappa shape index (κ1) is 30.1. The fraction of sp³-hybridized carbons (Fsp3) is 0.417. The summed E-state index contributed by atoms with van der Waals surface area (Å²) < 4.78 is 24.9. The summed E-state index contributed by atoms with van der Waals surface area (Å²) in [5.41, 5.74) is 8.85. The fourth-order valence-corrected chi connectivity index (χ4v) is 7.95. The van der Waals surface area contributed by atoms with Gasteiger partial charge in [-0.05, 0) is 87.7 Å². The van der Waals surface area contributed by atoms with Crippen LogP contribution < -0.4 is 20.4 Å². The smallest absolute Gasteiger partial charge is 0.349 e. The minimum Gasteiger partial charge on any atom is -0.492 e. The Morgan fingerprint density at radius 3 is 2.58 bits per heavy atom. The van der Waals surface area contributed by atoms with Crippen molar-refractivity contribution in [2.75, 3.05) is 11.5 Å². The number of halogens is 1. The molecule has 3 aliphatic rings. The van der Waals surface area contributed by atoms with E-state index >= 15 is 0 Å². The van der Waals surface area contributed by atoms with Crippen LogP contribution >= 0.6 is 12.8 Å². The highest BCUT2D eigenvalue weighted by atomic mass is 32.1. The normalized spacial score (nSPS) is 22.3. The molecule has 4 aromatic rings. The topological polar surface area (TPSA) is 61.8 Å². The van der Waals surface area contributed by atoms with Crippen molar-refractivity contribution in [3.05, 3.63) is 83.7 Å². The number of anilines is 1. The van der Waals surface area contributed by atoms with Crippen molar-refractivity contribution in [1.82, 2.24) is 19.7 Å². The summed E-state index contributed by atoms with van der Waals surface area (Å²) in [6.45, 7) is 7.65. The third-order valence-electron chi connectivity index (χ3n) is 9.76.